The van der Waals surface area contributed by atoms with Gasteiger partial charge < -0.3 is 4.98 Å². The van der Waals surface area contributed by atoms with Gasteiger partial charge in [0.05, 0.1) is 12.2 Å². The Morgan fingerprint density at radius 2 is 2.00 bits per heavy atom. The maximum Gasteiger partial charge on any atom is 0.432 e. The molecule has 1 aromatic rings. The summed E-state index contributed by atoms with van der Waals surface area (Å²) in [6.45, 7) is 1.44. The predicted octanol–water partition coefficient (Wildman–Crippen LogP) is 2.20. The molecular formula is C12H19F3N4O2S. The van der Waals surface area contributed by atoms with Crippen LogP contribution in [0.4, 0.5) is 13.2 Å². The van der Waals surface area contributed by atoms with Gasteiger partial charge in [0, 0.05) is 13.1 Å². The minimum Gasteiger partial charge on any atom is -0.337 e. The number of rotatable bonds is 5. The summed E-state index contributed by atoms with van der Waals surface area (Å²) in [5.41, 5.74) is -1.00. The molecule has 0 aliphatic heterocycles. The monoisotopic (exact) mass is 340 g/mol. The van der Waals surface area contributed by atoms with Crippen LogP contribution in [-0.2, 0) is 16.4 Å². The van der Waals surface area contributed by atoms with Crippen LogP contribution < -0.4 is 4.72 Å². The first kappa shape index (κ1) is 17.2. The number of aromatic amines is 1. The fraction of sp³-hybridized carbons (Fsp3) is 0.750. The second-order valence-electron chi connectivity index (χ2n) is 5.48. The third-order valence-electron chi connectivity index (χ3n) is 3.85. The van der Waals surface area contributed by atoms with E-state index in [1.165, 1.54) is 18.3 Å². The summed E-state index contributed by atoms with van der Waals surface area (Å²) >= 11 is 0. The number of halogens is 3. The van der Waals surface area contributed by atoms with Crippen molar-refractivity contribution in [2.75, 3.05) is 7.05 Å². The molecule has 1 unspecified atom stereocenters. The molecule has 126 valence electrons. The standard InChI is InChI=1S/C12H19F3N4O2S/c1-8(11-16-7-10(17-11)12(13,14)15)18-22(20,21)19(2)9-5-3-4-6-9/h7-9,18H,3-6H2,1-2H3,(H,16,17). The molecule has 0 saturated heterocycles. The van der Waals surface area contributed by atoms with Crippen LogP contribution in [0.2, 0.25) is 0 Å². The van der Waals surface area contributed by atoms with Gasteiger partial charge in [-0.1, -0.05) is 12.8 Å². The molecule has 0 amide bonds. The summed E-state index contributed by atoms with van der Waals surface area (Å²) in [4.78, 5) is 5.70. The van der Waals surface area contributed by atoms with Crippen molar-refractivity contribution in [3.63, 3.8) is 0 Å². The fourth-order valence-electron chi connectivity index (χ4n) is 2.53. The maximum atomic E-state index is 12.5. The van der Waals surface area contributed by atoms with E-state index in [2.05, 4.69) is 14.7 Å². The Bertz CT molecular complexity index is 608. The number of alkyl halides is 3. The van der Waals surface area contributed by atoms with Gasteiger partial charge in [-0.25, -0.2) is 4.98 Å². The zero-order chi connectivity index (χ0) is 16.5. The van der Waals surface area contributed by atoms with Crippen LogP contribution >= 0.6 is 0 Å². The molecule has 0 aromatic carbocycles. The topological polar surface area (TPSA) is 78.1 Å². The van der Waals surface area contributed by atoms with Crippen molar-refractivity contribution in [3.8, 4) is 0 Å². The second kappa shape index (κ2) is 6.17. The average molecular weight is 340 g/mol. The number of imidazole rings is 1. The van der Waals surface area contributed by atoms with Crippen LogP contribution in [0.1, 0.15) is 50.2 Å². The quantitative estimate of drug-likeness (QED) is 0.862. The van der Waals surface area contributed by atoms with E-state index in [4.69, 9.17) is 0 Å². The summed E-state index contributed by atoms with van der Waals surface area (Å²) in [5, 5.41) is 0. The molecule has 1 fully saturated rings. The van der Waals surface area contributed by atoms with E-state index < -0.39 is 28.1 Å². The van der Waals surface area contributed by atoms with Crippen LogP contribution in [0, 0.1) is 0 Å². The highest BCUT2D eigenvalue weighted by molar-refractivity contribution is 7.87. The molecule has 1 atom stereocenters. The Hall–Kier alpha value is -1.13. The van der Waals surface area contributed by atoms with Gasteiger partial charge in [-0.05, 0) is 19.8 Å². The molecule has 1 aliphatic rings. The van der Waals surface area contributed by atoms with E-state index in [9.17, 15) is 21.6 Å². The Labute approximate surface area is 127 Å². The van der Waals surface area contributed by atoms with E-state index in [0.29, 0.717) is 6.20 Å². The first-order chi connectivity index (χ1) is 10.1. The number of nitrogens with one attached hydrogen (secondary N) is 2. The van der Waals surface area contributed by atoms with Crippen molar-refractivity contribution in [1.82, 2.24) is 19.0 Å². The second-order valence-corrected chi connectivity index (χ2v) is 7.24. The lowest BCUT2D eigenvalue weighted by Crippen LogP contribution is -2.44. The van der Waals surface area contributed by atoms with E-state index in [0.717, 1.165) is 25.7 Å². The maximum absolute atomic E-state index is 12.5. The Kier molecular flexibility index (Phi) is 4.83. The molecule has 0 bridgehead atoms. The Balaban J connectivity index is 2.07. The lowest BCUT2D eigenvalue weighted by Gasteiger charge is -2.25. The average Bonchev–Trinajstić information content (AvgIpc) is 3.08. The molecule has 6 nitrogen and oxygen atoms in total. The van der Waals surface area contributed by atoms with Gasteiger partial charge in [0.2, 0.25) is 0 Å². The molecule has 1 aliphatic carbocycles. The van der Waals surface area contributed by atoms with Crippen LogP contribution in [0.15, 0.2) is 6.20 Å². The van der Waals surface area contributed by atoms with E-state index in [1.807, 2.05) is 0 Å². The lowest BCUT2D eigenvalue weighted by atomic mass is 10.3. The lowest BCUT2D eigenvalue weighted by molar-refractivity contribution is -0.140. The smallest absolute Gasteiger partial charge is 0.337 e. The summed E-state index contributed by atoms with van der Waals surface area (Å²) in [6.07, 6.45) is -0.332. The van der Waals surface area contributed by atoms with Crippen LogP contribution in [-0.4, -0.2) is 35.8 Å². The van der Waals surface area contributed by atoms with Crippen molar-refractivity contribution in [1.29, 1.82) is 0 Å². The largest absolute Gasteiger partial charge is 0.432 e. The number of nitrogens with zero attached hydrogens (tertiary/aromatic N) is 2. The first-order valence-corrected chi connectivity index (χ1v) is 8.42. The molecular weight excluding hydrogens is 321 g/mol. The minimum atomic E-state index is -4.54. The molecule has 10 heteroatoms. The fourth-order valence-corrected chi connectivity index (χ4v) is 3.86. The zero-order valence-electron chi connectivity index (χ0n) is 12.3. The molecule has 1 aromatic heterocycles. The summed E-state index contributed by atoms with van der Waals surface area (Å²) < 4.78 is 65.7. The minimum absolute atomic E-state index is 0.0629. The predicted molar refractivity (Wildman–Crippen MR) is 74.1 cm³/mol. The van der Waals surface area contributed by atoms with Gasteiger partial charge >= 0.3 is 6.18 Å². The van der Waals surface area contributed by atoms with Crippen LogP contribution in [0.3, 0.4) is 0 Å². The van der Waals surface area contributed by atoms with Crippen LogP contribution in [0.5, 0.6) is 0 Å². The number of hydrogen-bond donors (Lipinski definition) is 2. The summed E-state index contributed by atoms with van der Waals surface area (Å²) in [6, 6.07) is -0.947. The van der Waals surface area contributed by atoms with E-state index >= 15 is 0 Å². The highest BCUT2D eigenvalue weighted by atomic mass is 32.2. The molecule has 2 rings (SSSR count). The van der Waals surface area contributed by atoms with Crippen LogP contribution in [0.25, 0.3) is 0 Å². The number of hydrogen-bond acceptors (Lipinski definition) is 3. The highest BCUT2D eigenvalue weighted by Gasteiger charge is 2.34. The van der Waals surface area contributed by atoms with Crippen molar-refractivity contribution in [3.05, 3.63) is 17.7 Å². The van der Waals surface area contributed by atoms with E-state index in [-0.39, 0.29) is 11.9 Å². The van der Waals surface area contributed by atoms with Gasteiger partial charge in [0.1, 0.15) is 11.5 Å². The molecule has 2 N–H and O–H groups in total. The molecule has 0 spiro atoms. The third-order valence-corrected chi connectivity index (χ3v) is 5.56. The van der Waals surface area contributed by atoms with Crippen molar-refractivity contribution in [2.45, 2.75) is 50.9 Å². The van der Waals surface area contributed by atoms with Gasteiger partial charge in [-0.3, -0.25) is 0 Å². The Morgan fingerprint density at radius 1 is 1.41 bits per heavy atom. The van der Waals surface area contributed by atoms with Gasteiger partial charge in [0.15, 0.2) is 0 Å². The highest BCUT2D eigenvalue weighted by Crippen LogP contribution is 2.28. The number of H-pyrrole nitrogens is 1. The van der Waals surface area contributed by atoms with Crippen molar-refractivity contribution >= 4 is 10.2 Å². The third kappa shape index (κ3) is 3.79. The number of aromatic nitrogens is 2. The zero-order valence-corrected chi connectivity index (χ0v) is 13.1. The molecule has 0 radical (unpaired) electrons. The van der Waals surface area contributed by atoms with Gasteiger partial charge in [-0.2, -0.15) is 30.6 Å². The summed E-state index contributed by atoms with van der Waals surface area (Å²) in [7, 11) is -2.29. The van der Waals surface area contributed by atoms with Gasteiger partial charge in [-0.15, -0.1) is 0 Å². The summed E-state index contributed by atoms with van der Waals surface area (Å²) in [5.74, 6) is -0.0734. The van der Waals surface area contributed by atoms with E-state index in [1.54, 1.807) is 0 Å². The van der Waals surface area contributed by atoms with Gasteiger partial charge in [0.25, 0.3) is 10.2 Å². The molecule has 22 heavy (non-hydrogen) atoms. The van der Waals surface area contributed by atoms with Crippen molar-refractivity contribution < 1.29 is 21.6 Å². The SMILES string of the molecule is CC(NS(=O)(=O)N(C)C1CCCC1)c1ncc(C(F)(F)F)[nH]1. The first-order valence-electron chi connectivity index (χ1n) is 6.98. The molecule has 1 heterocycles. The van der Waals surface area contributed by atoms with Crippen molar-refractivity contribution in [2.24, 2.45) is 0 Å². The molecule has 1 saturated carbocycles. The normalized spacial score (nSPS) is 19.0. The Morgan fingerprint density at radius 3 is 2.50 bits per heavy atom.